The third-order valence-corrected chi connectivity index (χ3v) is 18.0. The molecular formula is C69H68BrNO6. The van der Waals surface area contributed by atoms with Gasteiger partial charge in [0.05, 0.1) is 28.4 Å². The quantitative estimate of drug-likeness (QED) is 0.103. The van der Waals surface area contributed by atoms with Crippen LogP contribution in [0.2, 0.25) is 0 Å². The largest absolute Gasteiger partial charge is 0.497 e. The van der Waals surface area contributed by atoms with Crippen molar-refractivity contribution in [1.82, 2.24) is 0 Å². The monoisotopic (exact) mass is 1090 g/mol. The Kier molecular flexibility index (Phi) is 14.3. The van der Waals surface area contributed by atoms with Crippen LogP contribution in [0.15, 0.2) is 150 Å². The summed E-state index contributed by atoms with van der Waals surface area (Å²) in [7, 11) is 6.70. The molecule has 0 saturated heterocycles. The van der Waals surface area contributed by atoms with Crippen LogP contribution in [0, 0.1) is 12.8 Å². The highest BCUT2D eigenvalue weighted by molar-refractivity contribution is 9.10. The average Bonchev–Trinajstić information content (AvgIpc) is 3.98. The van der Waals surface area contributed by atoms with Crippen LogP contribution in [0.25, 0.3) is 50.2 Å². The molecular weight excluding hydrogens is 1020 g/mol. The highest BCUT2D eigenvalue weighted by Gasteiger charge is 2.46. The third kappa shape index (κ3) is 9.36. The van der Waals surface area contributed by atoms with Crippen molar-refractivity contribution >= 4 is 44.4 Å². The highest BCUT2D eigenvalue weighted by Crippen LogP contribution is 2.61. The molecule has 1 N–H and O–H groups in total. The lowest BCUT2D eigenvalue weighted by atomic mass is 9.76. The molecule has 392 valence electrons. The number of anilines is 1. The van der Waals surface area contributed by atoms with Crippen molar-refractivity contribution in [2.75, 3.05) is 33.8 Å². The van der Waals surface area contributed by atoms with Crippen LogP contribution in [0.3, 0.4) is 0 Å². The standard InChI is InChI=1S/C69H68BrNO6/c1-9-10-11-12-43-13-15-44(16-14-43)45-17-19-46(20-18-45)47-21-23-49(24-22-47)67(72)71-52-31-25-48(26-32-52)56-39-59-62-57-40-60(75-7)61(76-8)41-58(57)66-55(63(62)68(3,4)64(59)65(70)42(56)2)37-38-69(77-66,50-27-33-53(73-5)34-28-50)51-29-35-54(74-6)36-30-51/h17-41,43-44H,9-16H2,1-8H3,(H,71,72)/t43-,44-. The number of hydrogen-bond donors (Lipinski definition) is 1. The summed E-state index contributed by atoms with van der Waals surface area (Å²) in [6.07, 6.45) is 15.2. The first-order valence-electron chi connectivity index (χ1n) is 27.3. The van der Waals surface area contributed by atoms with Gasteiger partial charge in [0.15, 0.2) is 17.1 Å². The summed E-state index contributed by atoms with van der Waals surface area (Å²) in [4.78, 5) is 13.7. The Morgan fingerprint density at radius 2 is 1.22 bits per heavy atom. The van der Waals surface area contributed by atoms with Gasteiger partial charge < -0.3 is 29.0 Å². The van der Waals surface area contributed by atoms with Crippen LogP contribution >= 0.6 is 15.9 Å². The van der Waals surface area contributed by atoms with Crippen LogP contribution < -0.4 is 29.0 Å². The van der Waals surface area contributed by atoms with E-state index in [1.807, 2.05) is 48.5 Å². The molecule has 0 radical (unpaired) electrons. The first kappa shape index (κ1) is 51.8. The number of ether oxygens (including phenoxy) is 5. The minimum absolute atomic E-state index is 0.147. The fourth-order valence-electron chi connectivity index (χ4n) is 12.7. The van der Waals surface area contributed by atoms with Crippen molar-refractivity contribution in [3.8, 4) is 62.1 Å². The first-order chi connectivity index (χ1) is 37.4. The second-order valence-corrected chi connectivity index (χ2v) is 22.5. The van der Waals surface area contributed by atoms with Gasteiger partial charge in [0.25, 0.3) is 5.91 Å². The molecule has 2 aliphatic carbocycles. The molecule has 7 nitrogen and oxygen atoms in total. The second kappa shape index (κ2) is 21.3. The zero-order valence-electron chi connectivity index (χ0n) is 45.6. The Bertz CT molecular complexity index is 3470. The topological polar surface area (TPSA) is 75.3 Å². The molecule has 0 bridgehead atoms. The number of benzene rings is 8. The lowest BCUT2D eigenvalue weighted by molar-refractivity contribution is 0.102. The molecule has 1 fully saturated rings. The summed E-state index contributed by atoms with van der Waals surface area (Å²) in [5.41, 5.74) is 14.4. The fraction of sp³-hybridized carbons (Fsp3) is 0.290. The number of carbonyl (C=O) groups is 1. The SMILES string of the molecule is CCCCC[C@H]1CC[C@H](c2ccc(-c3ccc(C(=O)Nc4ccc(-c5cc6c(c(Br)c5C)C(C)(C)c5c7c(c8cc(OC)c(OC)cc8c5-6)OC(c5ccc(OC)cc5)(c5ccc(OC)cc5)C=C7)cc4)cc3)cc2)CC1. The molecule has 0 spiro atoms. The van der Waals surface area contributed by atoms with E-state index in [-0.39, 0.29) is 5.91 Å². The third-order valence-electron chi connectivity index (χ3n) is 17.0. The molecule has 1 heterocycles. The Labute approximate surface area is 462 Å². The van der Waals surface area contributed by atoms with E-state index in [1.165, 1.54) is 73.6 Å². The molecule has 1 aliphatic heterocycles. The summed E-state index contributed by atoms with van der Waals surface area (Å²) in [6, 6.07) is 47.9. The number of rotatable bonds is 15. The van der Waals surface area contributed by atoms with Gasteiger partial charge in [-0.25, -0.2) is 0 Å². The number of carbonyl (C=O) groups excluding carboxylic acids is 1. The molecule has 8 aromatic rings. The fourth-order valence-corrected chi connectivity index (χ4v) is 13.6. The maximum absolute atomic E-state index is 13.7. The van der Waals surface area contributed by atoms with Gasteiger partial charge in [0.1, 0.15) is 17.2 Å². The van der Waals surface area contributed by atoms with Gasteiger partial charge in [-0.15, -0.1) is 0 Å². The number of amides is 1. The van der Waals surface area contributed by atoms with Gasteiger partial charge in [-0.1, -0.05) is 141 Å². The first-order valence-corrected chi connectivity index (χ1v) is 28.1. The number of hydrogen-bond acceptors (Lipinski definition) is 6. The van der Waals surface area contributed by atoms with Crippen molar-refractivity contribution < 1.29 is 28.5 Å². The molecule has 11 rings (SSSR count). The zero-order chi connectivity index (χ0) is 53.6. The van der Waals surface area contributed by atoms with Crippen LogP contribution in [-0.2, 0) is 11.0 Å². The Balaban J connectivity index is 0.893. The van der Waals surface area contributed by atoms with E-state index in [0.29, 0.717) is 23.0 Å². The zero-order valence-corrected chi connectivity index (χ0v) is 47.2. The molecule has 8 heteroatoms. The van der Waals surface area contributed by atoms with Crippen LogP contribution in [0.5, 0.6) is 28.7 Å². The summed E-state index contributed by atoms with van der Waals surface area (Å²) < 4.78 is 31.9. The Morgan fingerprint density at radius 3 is 1.79 bits per heavy atom. The number of halogens is 1. The normalized spacial score (nSPS) is 16.7. The molecule has 1 amide bonds. The number of fused-ring (bicyclic) bond motifs is 8. The summed E-state index contributed by atoms with van der Waals surface area (Å²) in [6.45, 7) is 9.08. The van der Waals surface area contributed by atoms with Crippen molar-refractivity contribution in [2.45, 2.75) is 96.0 Å². The van der Waals surface area contributed by atoms with E-state index in [0.717, 1.165) is 94.2 Å². The second-order valence-electron chi connectivity index (χ2n) is 21.7. The van der Waals surface area contributed by atoms with E-state index in [4.69, 9.17) is 23.7 Å². The average molecular weight is 1090 g/mol. The Hall–Kier alpha value is -7.29. The van der Waals surface area contributed by atoms with Gasteiger partial charge in [-0.2, -0.15) is 0 Å². The van der Waals surface area contributed by atoms with E-state index >= 15 is 0 Å². The number of methoxy groups -OCH3 is 4. The maximum Gasteiger partial charge on any atom is 0.255 e. The van der Waals surface area contributed by atoms with Gasteiger partial charge in [0, 0.05) is 43.2 Å². The van der Waals surface area contributed by atoms with E-state index in [9.17, 15) is 4.79 Å². The van der Waals surface area contributed by atoms with Crippen molar-refractivity contribution in [3.05, 3.63) is 195 Å². The van der Waals surface area contributed by atoms with E-state index in [1.54, 1.807) is 28.4 Å². The van der Waals surface area contributed by atoms with Crippen molar-refractivity contribution in [3.63, 3.8) is 0 Å². The molecule has 8 aromatic carbocycles. The van der Waals surface area contributed by atoms with Gasteiger partial charge in [-0.05, 0) is 178 Å². The molecule has 0 atom stereocenters. The molecule has 77 heavy (non-hydrogen) atoms. The lowest BCUT2D eigenvalue weighted by Gasteiger charge is -2.38. The van der Waals surface area contributed by atoms with E-state index < -0.39 is 11.0 Å². The molecule has 0 unspecified atom stereocenters. The number of nitrogens with one attached hydrogen (secondary N) is 1. The summed E-state index contributed by atoms with van der Waals surface area (Å²) >= 11 is 4.18. The smallest absolute Gasteiger partial charge is 0.255 e. The lowest BCUT2D eigenvalue weighted by Crippen LogP contribution is -2.35. The van der Waals surface area contributed by atoms with Gasteiger partial charge in [-0.3, -0.25) is 4.79 Å². The summed E-state index contributed by atoms with van der Waals surface area (Å²) in [5.74, 6) is 4.92. The van der Waals surface area contributed by atoms with Gasteiger partial charge in [0.2, 0.25) is 0 Å². The van der Waals surface area contributed by atoms with Crippen LogP contribution in [-0.4, -0.2) is 34.3 Å². The van der Waals surface area contributed by atoms with E-state index in [2.05, 4.69) is 152 Å². The number of unbranched alkanes of at least 4 members (excludes halogenated alkanes) is 2. The van der Waals surface area contributed by atoms with Gasteiger partial charge >= 0.3 is 0 Å². The molecule has 0 aromatic heterocycles. The van der Waals surface area contributed by atoms with Crippen molar-refractivity contribution in [1.29, 1.82) is 0 Å². The predicted octanol–water partition coefficient (Wildman–Crippen LogP) is 18.0. The highest BCUT2D eigenvalue weighted by atomic mass is 79.9. The Morgan fingerprint density at radius 1 is 0.649 bits per heavy atom. The van der Waals surface area contributed by atoms with Crippen LogP contribution in [0.1, 0.15) is 127 Å². The molecule has 3 aliphatic rings. The summed E-state index contributed by atoms with van der Waals surface area (Å²) in [5, 5.41) is 5.04. The van der Waals surface area contributed by atoms with Crippen LogP contribution in [0.4, 0.5) is 5.69 Å². The minimum Gasteiger partial charge on any atom is -0.497 e. The maximum atomic E-state index is 13.7. The minimum atomic E-state index is -1.00. The predicted molar refractivity (Wildman–Crippen MR) is 318 cm³/mol. The molecule has 1 saturated carbocycles. The van der Waals surface area contributed by atoms with Crippen molar-refractivity contribution in [2.24, 2.45) is 5.92 Å².